The molecule has 1 aromatic heterocycles. The second-order valence-corrected chi connectivity index (χ2v) is 4.95. The standard InChI is InChI=1S/C10H10F5N3O3S/c11-3-1-18(8(22)17-6(3)16)7-9(12,10(13,14)15)5(20)4(2-19)21-7/h1,4-5,7,19-20H,2H2,(H2,16,17,22)/t4-,5?,7-,9-/m1/s1. The molecule has 1 unspecified atom stereocenters. The second-order valence-electron chi connectivity index (χ2n) is 4.58. The fraction of sp³-hybridized carbons (Fsp3) is 0.600. The van der Waals surface area contributed by atoms with Crippen LogP contribution in [0, 0.1) is 10.6 Å². The van der Waals surface area contributed by atoms with Gasteiger partial charge in [-0.2, -0.15) is 18.2 Å². The molecule has 0 bridgehead atoms. The summed E-state index contributed by atoms with van der Waals surface area (Å²) in [6.45, 7) is -1.09. The summed E-state index contributed by atoms with van der Waals surface area (Å²) in [7, 11) is 0. The van der Waals surface area contributed by atoms with Gasteiger partial charge in [-0.15, -0.1) is 0 Å². The second kappa shape index (κ2) is 5.37. The van der Waals surface area contributed by atoms with Crippen LogP contribution in [0.1, 0.15) is 6.23 Å². The van der Waals surface area contributed by atoms with Crippen molar-refractivity contribution < 1.29 is 36.9 Å². The Morgan fingerprint density at radius 3 is 2.59 bits per heavy atom. The molecular formula is C10H10F5N3O3S. The van der Waals surface area contributed by atoms with Crippen molar-refractivity contribution in [3.8, 4) is 0 Å². The molecule has 4 N–H and O–H groups in total. The smallest absolute Gasteiger partial charge is 0.394 e. The number of nitrogens with zero attached hydrogens (tertiary/aromatic N) is 2. The molecule has 4 atom stereocenters. The third-order valence-corrected chi connectivity index (χ3v) is 3.55. The fourth-order valence-electron chi connectivity index (χ4n) is 2.10. The number of hydrogen-bond acceptors (Lipinski definition) is 6. The van der Waals surface area contributed by atoms with Gasteiger partial charge in [-0.25, -0.2) is 8.78 Å². The molecule has 1 aliphatic rings. The molecule has 1 aliphatic heterocycles. The number of aromatic nitrogens is 2. The number of halogens is 5. The zero-order chi connectivity index (χ0) is 16.9. The fourth-order valence-corrected chi connectivity index (χ4v) is 2.35. The van der Waals surface area contributed by atoms with Gasteiger partial charge in [0.25, 0.3) is 5.67 Å². The van der Waals surface area contributed by atoms with Crippen molar-refractivity contribution in [2.45, 2.75) is 30.3 Å². The molecule has 12 heteroatoms. The zero-order valence-corrected chi connectivity index (χ0v) is 11.4. The molecule has 0 spiro atoms. The average molecular weight is 347 g/mol. The van der Waals surface area contributed by atoms with E-state index in [1.807, 2.05) is 0 Å². The van der Waals surface area contributed by atoms with Gasteiger partial charge in [0.2, 0.25) is 4.77 Å². The lowest BCUT2D eigenvalue weighted by molar-refractivity contribution is -0.273. The summed E-state index contributed by atoms with van der Waals surface area (Å²) in [5, 5.41) is 18.4. The number of alkyl halides is 4. The Bertz CT molecular complexity index is 639. The molecule has 124 valence electrons. The number of anilines is 1. The van der Waals surface area contributed by atoms with Gasteiger partial charge in [0, 0.05) is 6.20 Å². The Labute approximate surface area is 124 Å². The first-order valence-corrected chi connectivity index (χ1v) is 6.19. The zero-order valence-electron chi connectivity index (χ0n) is 10.6. The lowest BCUT2D eigenvalue weighted by Crippen LogP contribution is -2.54. The van der Waals surface area contributed by atoms with Crippen LogP contribution in [-0.4, -0.2) is 50.4 Å². The number of aliphatic hydroxyl groups is 2. The van der Waals surface area contributed by atoms with Crippen LogP contribution in [0.15, 0.2) is 6.20 Å². The summed E-state index contributed by atoms with van der Waals surface area (Å²) in [6.07, 6.45) is -12.4. The van der Waals surface area contributed by atoms with Gasteiger partial charge in [0.15, 0.2) is 17.9 Å². The number of nitrogen functional groups attached to an aromatic ring is 1. The van der Waals surface area contributed by atoms with E-state index in [1.54, 1.807) is 0 Å². The average Bonchev–Trinajstić information content (AvgIpc) is 2.67. The van der Waals surface area contributed by atoms with Crippen LogP contribution in [0.2, 0.25) is 0 Å². The van der Waals surface area contributed by atoms with Crippen LogP contribution in [0.5, 0.6) is 0 Å². The number of rotatable bonds is 2. The van der Waals surface area contributed by atoms with Crippen LogP contribution in [-0.2, 0) is 4.74 Å². The minimum absolute atomic E-state index is 0.257. The molecule has 0 aromatic carbocycles. The maximum atomic E-state index is 14.6. The van der Waals surface area contributed by atoms with Gasteiger partial charge in [-0.1, -0.05) is 0 Å². The Kier molecular flexibility index (Phi) is 4.14. The lowest BCUT2D eigenvalue weighted by atomic mass is 9.95. The lowest BCUT2D eigenvalue weighted by Gasteiger charge is -2.31. The third kappa shape index (κ3) is 2.35. The quantitative estimate of drug-likeness (QED) is 0.543. The van der Waals surface area contributed by atoms with Crippen molar-refractivity contribution >= 4 is 18.0 Å². The molecule has 2 heterocycles. The highest BCUT2D eigenvalue weighted by Gasteiger charge is 2.72. The highest BCUT2D eigenvalue weighted by atomic mass is 32.1. The largest absolute Gasteiger partial charge is 0.429 e. The van der Waals surface area contributed by atoms with Crippen molar-refractivity contribution in [3.63, 3.8) is 0 Å². The van der Waals surface area contributed by atoms with Crippen LogP contribution < -0.4 is 5.73 Å². The summed E-state index contributed by atoms with van der Waals surface area (Å²) in [6, 6.07) is 0. The van der Waals surface area contributed by atoms with Crippen molar-refractivity contribution in [1.82, 2.24) is 9.55 Å². The van der Waals surface area contributed by atoms with Crippen LogP contribution in [0.25, 0.3) is 0 Å². The molecule has 0 saturated carbocycles. The van der Waals surface area contributed by atoms with E-state index in [-0.39, 0.29) is 4.57 Å². The molecule has 1 saturated heterocycles. The number of ether oxygens (including phenoxy) is 1. The third-order valence-electron chi connectivity index (χ3n) is 3.25. The number of aliphatic hydroxyl groups excluding tert-OH is 2. The van der Waals surface area contributed by atoms with Crippen LogP contribution in [0.3, 0.4) is 0 Å². The maximum absolute atomic E-state index is 14.6. The minimum Gasteiger partial charge on any atom is -0.394 e. The van der Waals surface area contributed by atoms with Crippen molar-refractivity contribution in [2.75, 3.05) is 12.3 Å². The van der Waals surface area contributed by atoms with E-state index >= 15 is 0 Å². The molecule has 6 nitrogen and oxygen atoms in total. The van der Waals surface area contributed by atoms with Gasteiger partial charge >= 0.3 is 6.18 Å². The van der Waals surface area contributed by atoms with Crippen molar-refractivity contribution in [2.24, 2.45) is 0 Å². The Balaban J connectivity index is 2.62. The summed E-state index contributed by atoms with van der Waals surface area (Å²) in [5.74, 6) is -1.93. The first-order valence-electron chi connectivity index (χ1n) is 5.78. The SMILES string of the molecule is Nc1nc(=S)n([C@@H]2O[C@H](CO)C(O)[C@]2(F)C(F)(F)F)cc1F. The predicted octanol–water partition coefficient (Wildman–Crippen LogP) is 0.855. The van der Waals surface area contributed by atoms with Gasteiger partial charge < -0.3 is 20.7 Å². The van der Waals surface area contributed by atoms with E-state index in [4.69, 9.17) is 10.8 Å². The maximum Gasteiger partial charge on any atom is 0.429 e. The van der Waals surface area contributed by atoms with Crippen molar-refractivity contribution in [3.05, 3.63) is 16.8 Å². The van der Waals surface area contributed by atoms with Crippen molar-refractivity contribution in [1.29, 1.82) is 0 Å². The van der Waals surface area contributed by atoms with E-state index in [1.165, 1.54) is 0 Å². The van der Waals surface area contributed by atoms with Gasteiger partial charge in [-0.05, 0) is 12.2 Å². The normalized spacial score (nSPS) is 32.4. The topological polar surface area (TPSA) is 93.5 Å². The summed E-state index contributed by atoms with van der Waals surface area (Å²) in [5.41, 5.74) is 0.793. The first-order chi connectivity index (χ1) is 10.0. The predicted molar refractivity (Wildman–Crippen MR) is 64.3 cm³/mol. The number of hydrogen-bond donors (Lipinski definition) is 3. The van der Waals surface area contributed by atoms with Gasteiger partial charge in [0.05, 0.1) is 6.61 Å². The van der Waals surface area contributed by atoms with E-state index in [0.29, 0.717) is 6.20 Å². The molecule has 2 rings (SSSR count). The molecule has 0 amide bonds. The molecular weight excluding hydrogens is 337 g/mol. The Morgan fingerprint density at radius 2 is 2.09 bits per heavy atom. The molecule has 22 heavy (non-hydrogen) atoms. The Morgan fingerprint density at radius 1 is 1.50 bits per heavy atom. The molecule has 0 aliphatic carbocycles. The molecule has 1 aromatic rings. The highest BCUT2D eigenvalue weighted by molar-refractivity contribution is 7.71. The molecule has 0 radical (unpaired) electrons. The summed E-state index contributed by atoms with van der Waals surface area (Å²) < 4.78 is 71.4. The first kappa shape index (κ1) is 17.0. The number of nitrogens with two attached hydrogens (primary N) is 1. The van der Waals surface area contributed by atoms with Gasteiger partial charge in [0.1, 0.15) is 12.2 Å². The van der Waals surface area contributed by atoms with E-state index < -0.39 is 53.3 Å². The molecule has 1 fully saturated rings. The van der Waals surface area contributed by atoms with Crippen LogP contribution in [0.4, 0.5) is 27.8 Å². The highest BCUT2D eigenvalue weighted by Crippen LogP contribution is 2.51. The summed E-state index contributed by atoms with van der Waals surface area (Å²) >= 11 is 4.62. The summed E-state index contributed by atoms with van der Waals surface area (Å²) in [4.78, 5) is 3.26. The van der Waals surface area contributed by atoms with E-state index in [0.717, 1.165) is 0 Å². The van der Waals surface area contributed by atoms with E-state index in [2.05, 4.69) is 21.9 Å². The van der Waals surface area contributed by atoms with Crippen LogP contribution >= 0.6 is 12.2 Å². The Hall–Kier alpha value is -1.37. The van der Waals surface area contributed by atoms with E-state index in [9.17, 15) is 27.1 Å². The monoisotopic (exact) mass is 347 g/mol. The minimum atomic E-state index is -5.58. The van der Waals surface area contributed by atoms with Gasteiger partial charge in [-0.3, -0.25) is 4.57 Å².